The third kappa shape index (κ3) is 2.20. The number of fused-ring (bicyclic) bond motifs is 1. The molecule has 0 heterocycles. The minimum atomic E-state index is 0.619. The number of allylic oxidation sites excluding steroid dienone is 4. The lowest BCUT2D eigenvalue weighted by atomic mass is 9.54. The van der Waals surface area contributed by atoms with E-state index in [9.17, 15) is 0 Å². The summed E-state index contributed by atoms with van der Waals surface area (Å²) in [5.74, 6) is 3.44. The summed E-state index contributed by atoms with van der Waals surface area (Å²) in [6.45, 7) is 0. The first-order chi connectivity index (χ1) is 11.9. The predicted molar refractivity (Wildman–Crippen MR) is 99.9 cm³/mol. The first-order valence-corrected chi connectivity index (χ1v) is 9.40. The molecule has 0 aliphatic heterocycles. The van der Waals surface area contributed by atoms with Crippen LogP contribution in [0.2, 0.25) is 0 Å². The molecule has 0 amide bonds. The van der Waals surface area contributed by atoms with E-state index in [2.05, 4.69) is 78.9 Å². The number of hydrogen-bond donors (Lipinski definition) is 0. The molecule has 0 unspecified atom stereocenters. The lowest BCUT2D eigenvalue weighted by Crippen LogP contribution is -2.39. The van der Waals surface area contributed by atoms with Crippen LogP contribution in [0.15, 0.2) is 84.5 Å². The molecule has 0 aromatic heterocycles. The van der Waals surface area contributed by atoms with Crippen LogP contribution in [0.25, 0.3) is 0 Å². The van der Waals surface area contributed by atoms with E-state index < -0.39 is 0 Å². The Morgan fingerprint density at radius 1 is 0.708 bits per heavy atom. The molecule has 0 saturated heterocycles. The molecule has 2 aromatic rings. The summed E-state index contributed by atoms with van der Waals surface area (Å²) in [6.07, 6.45) is 11.5. The summed E-state index contributed by atoms with van der Waals surface area (Å²) in [6, 6.07) is 22.4. The molecule has 4 aliphatic rings. The van der Waals surface area contributed by atoms with Crippen LogP contribution in [0.3, 0.4) is 0 Å². The Morgan fingerprint density at radius 3 is 2.08 bits per heavy atom. The van der Waals surface area contributed by atoms with Crippen molar-refractivity contribution in [1.29, 1.82) is 0 Å². The van der Waals surface area contributed by atoms with Crippen molar-refractivity contribution in [3.8, 4) is 0 Å². The maximum Gasteiger partial charge on any atom is 0.00490 e. The van der Waals surface area contributed by atoms with E-state index in [1.807, 2.05) is 0 Å². The van der Waals surface area contributed by atoms with Gasteiger partial charge in [-0.2, -0.15) is 0 Å². The highest BCUT2D eigenvalue weighted by Crippen LogP contribution is 2.58. The summed E-state index contributed by atoms with van der Waals surface area (Å²) in [5.41, 5.74) is 4.81. The van der Waals surface area contributed by atoms with E-state index in [1.54, 1.807) is 11.1 Å². The Morgan fingerprint density at radius 2 is 1.38 bits per heavy atom. The molecule has 24 heavy (non-hydrogen) atoms. The van der Waals surface area contributed by atoms with Crippen LogP contribution in [0, 0.1) is 17.8 Å². The van der Waals surface area contributed by atoms with E-state index in [0.29, 0.717) is 23.7 Å². The highest BCUT2D eigenvalue weighted by atomic mass is 14.5. The van der Waals surface area contributed by atoms with Gasteiger partial charge in [-0.05, 0) is 54.1 Å². The summed E-state index contributed by atoms with van der Waals surface area (Å²) >= 11 is 0. The summed E-state index contributed by atoms with van der Waals surface area (Å²) < 4.78 is 0. The van der Waals surface area contributed by atoms with Crippen LogP contribution in [0.4, 0.5) is 0 Å². The van der Waals surface area contributed by atoms with Gasteiger partial charge < -0.3 is 0 Å². The minimum Gasteiger partial charge on any atom is -0.0844 e. The van der Waals surface area contributed by atoms with Gasteiger partial charge in [-0.3, -0.25) is 0 Å². The molecule has 0 nitrogen and oxygen atoms in total. The Labute approximate surface area is 144 Å². The third-order valence-corrected chi connectivity index (χ3v) is 6.50. The van der Waals surface area contributed by atoms with Crippen molar-refractivity contribution >= 4 is 0 Å². The average Bonchev–Trinajstić information content (AvgIpc) is 2.69. The molecule has 6 rings (SSSR count). The van der Waals surface area contributed by atoms with Gasteiger partial charge in [0, 0.05) is 5.92 Å². The van der Waals surface area contributed by atoms with Crippen molar-refractivity contribution < 1.29 is 0 Å². The summed E-state index contributed by atoms with van der Waals surface area (Å²) in [4.78, 5) is 0. The average molecular weight is 312 g/mol. The zero-order valence-electron chi connectivity index (χ0n) is 14.0. The van der Waals surface area contributed by atoms with Gasteiger partial charge in [-0.1, -0.05) is 84.5 Å². The largest absolute Gasteiger partial charge is 0.0844 e. The van der Waals surface area contributed by atoms with Crippen molar-refractivity contribution in [2.75, 3.05) is 0 Å². The van der Waals surface area contributed by atoms with E-state index in [1.165, 1.54) is 24.8 Å². The van der Waals surface area contributed by atoms with Crippen molar-refractivity contribution in [2.24, 2.45) is 17.8 Å². The monoisotopic (exact) mass is 312 g/mol. The van der Waals surface area contributed by atoms with Crippen LogP contribution < -0.4 is 0 Å². The third-order valence-electron chi connectivity index (χ3n) is 6.50. The lowest BCUT2D eigenvalue weighted by Gasteiger charge is -2.50. The van der Waals surface area contributed by atoms with Gasteiger partial charge in [-0.25, -0.2) is 0 Å². The molecule has 0 radical (unpaired) electrons. The second-order valence-electron chi connectivity index (χ2n) is 7.65. The second-order valence-corrected chi connectivity index (χ2v) is 7.65. The molecule has 0 heteroatoms. The highest BCUT2D eigenvalue weighted by Gasteiger charge is 2.46. The van der Waals surface area contributed by atoms with Crippen molar-refractivity contribution in [3.63, 3.8) is 0 Å². The molecule has 2 aromatic carbocycles. The molecule has 0 N–H and O–H groups in total. The Balaban J connectivity index is 1.52. The standard InChI is InChI=1S/C24H24/c1-3-8-17(9-4-1)20-12-7-13-22-21-15-14-19(24(20)22)16-23(21)18-10-5-2-6-11-18/h1-6,8-11,13-15,19-21,23-24H,7,12,16H2/t19-,20+,21+,23+,24+/m0/s1. The molecular weight excluding hydrogens is 288 g/mol. The molecule has 1 fully saturated rings. The predicted octanol–water partition coefficient (Wildman–Crippen LogP) is 6.10. The van der Waals surface area contributed by atoms with Gasteiger partial charge in [0.15, 0.2) is 0 Å². The van der Waals surface area contributed by atoms with E-state index in [-0.39, 0.29) is 0 Å². The van der Waals surface area contributed by atoms with E-state index in [4.69, 9.17) is 0 Å². The van der Waals surface area contributed by atoms with Gasteiger partial charge in [-0.15, -0.1) is 0 Å². The molecule has 5 atom stereocenters. The van der Waals surface area contributed by atoms with E-state index >= 15 is 0 Å². The Kier molecular flexibility index (Phi) is 3.43. The van der Waals surface area contributed by atoms with Crippen molar-refractivity contribution in [2.45, 2.75) is 31.1 Å². The van der Waals surface area contributed by atoms with Crippen molar-refractivity contribution in [1.82, 2.24) is 0 Å². The second kappa shape index (κ2) is 5.77. The van der Waals surface area contributed by atoms with Crippen LogP contribution >= 0.6 is 0 Å². The minimum absolute atomic E-state index is 0.619. The fourth-order valence-corrected chi connectivity index (χ4v) is 5.52. The van der Waals surface area contributed by atoms with Crippen LogP contribution in [-0.2, 0) is 0 Å². The normalized spacial score (nSPS) is 33.8. The van der Waals surface area contributed by atoms with Gasteiger partial charge in [0.1, 0.15) is 0 Å². The Bertz CT molecular complexity index is 768. The molecule has 4 aliphatic carbocycles. The van der Waals surface area contributed by atoms with Crippen LogP contribution in [0.1, 0.15) is 42.2 Å². The molecule has 120 valence electrons. The first kappa shape index (κ1) is 14.3. The zero-order chi connectivity index (χ0) is 15.9. The van der Waals surface area contributed by atoms with Gasteiger partial charge >= 0.3 is 0 Å². The fraction of sp³-hybridized carbons (Fsp3) is 0.333. The van der Waals surface area contributed by atoms with Crippen LogP contribution in [0.5, 0.6) is 0 Å². The number of rotatable bonds is 2. The first-order valence-electron chi connectivity index (χ1n) is 9.40. The molecule has 1 saturated carbocycles. The van der Waals surface area contributed by atoms with Crippen molar-refractivity contribution in [3.05, 3.63) is 95.6 Å². The molecular formula is C24H24. The SMILES string of the molecule is C1=C[C@H]2C[C@H](c3ccccc3)[C@H]1C1=CCC[C@H](c3ccccc3)[C@H]12. The number of benzene rings is 2. The van der Waals surface area contributed by atoms with Gasteiger partial charge in [0.05, 0.1) is 0 Å². The quantitative estimate of drug-likeness (QED) is 0.588. The van der Waals surface area contributed by atoms with E-state index in [0.717, 1.165) is 5.92 Å². The van der Waals surface area contributed by atoms with Gasteiger partial charge in [0.25, 0.3) is 0 Å². The topological polar surface area (TPSA) is 0 Å². The molecule has 0 spiro atoms. The maximum atomic E-state index is 2.58. The summed E-state index contributed by atoms with van der Waals surface area (Å²) in [5, 5.41) is 0. The fourth-order valence-electron chi connectivity index (χ4n) is 5.52. The van der Waals surface area contributed by atoms with Crippen LogP contribution in [-0.4, -0.2) is 0 Å². The summed E-state index contributed by atoms with van der Waals surface area (Å²) in [7, 11) is 0. The number of hydrogen-bond acceptors (Lipinski definition) is 0. The maximum absolute atomic E-state index is 2.58. The Hall–Kier alpha value is -2.08. The lowest BCUT2D eigenvalue weighted by molar-refractivity contribution is 0.222. The molecule has 2 bridgehead atoms. The highest BCUT2D eigenvalue weighted by molar-refractivity contribution is 5.40. The smallest absolute Gasteiger partial charge is 0.00490 e. The zero-order valence-corrected chi connectivity index (χ0v) is 14.0. The van der Waals surface area contributed by atoms with Gasteiger partial charge in [0.2, 0.25) is 0 Å².